The molecule has 0 spiro atoms. The Hall–Kier alpha value is 1.12. The normalized spacial score (nSPS) is 27.8. The Morgan fingerprint density at radius 1 is 0.875 bits per heavy atom. The molecule has 0 saturated carbocycles. The van der Waals surface area contributed by atoms with E-state index in [1.165, 1.54) is 29.8 Å². The van der Waals surface area contributed by atoms with Gasteiger partial charge in [0.1, 0.15) is 0 Å². The van der Waals surface area contributed by atoms with Crippen molar-refractivity contribution in [1.29, 1.82) is 0 Å². The monoisotopic (exact) mass is 214 g/mol. The van der Waals surface area contributed by atoms with Gasteiger partial charge in [-0.3, -0.25) is 0 Å². The van der Waals surface area contributed by atoms with Crippen LogP contribution in [-0.4, -0.2) is 11.4 Å². The van der Waals surface area contributed by atoms with E-state index in [1.54, 1.807) is 0 Å². The predicted octanol–water partition coefficient (Wildman–Crippen LogP) is 3.09. The molecule has 0 N–H and O–H groups in total. The second-order valence-electron chi connectivity index (χ2n) is 2.42. The molecule has 48 valence electrons. The maximum atomic E-state index is 6.02. The first-order valence-electron chi connectivity index (χ1n) is 3.09. The molecule has 8 heavy (non-hydrogen) atoms. The standard InChI is InChI=1S/C5H10Cl2Ge/c6-8(7)4-2-1-3-5-8/h1-5H2. The number of hydrogen-bond donors (Lipinski definition) is 0. The molecule has 3 heteroatoms. The van der Waals surface area contributed by atoms with Gasteiger partial charge >= 0.3 is 61.2 Å². The molecule has 1 rings (SSSR count). The Morgan fingerprint density at radius 3 is 1.62 bits per heavy atom. The molecular weight excluding hydrogens is 204 g/mol. The molecule has 0 bridgehead atoms. The molecule has 1 aliphatic heterocycles. The summed E-state index contributed by atoms with van der Waals surface area (Å²) in [6.07, 6.45) is 3.92. The summed E-state index contributed by atoms with van der Waals surface area (Å²) in [4.78, 5) is 0. The van der Waals surface area contributed by atoms with Gasteiger partial charge in [0, 0.05) is 0 Å². The Kier molecular flexibility index (Phi) is 2.54. The van der Waals surface area contributed by atoms with Gasteiger partial charge in [-0.25, -0.2) is 0 Å². The zero-order valence-corrected chi connectivity index (χ0v) is 8.40. The Morgan fingerprint density at radius 2 is 1.38 bits per heavy atom. The van der Waals surface area contributed by atoms with Crippen LogP contribution in [0.25, 0.3) is 0 Å². The molecule has 1 aliphatic rings. The Bertz CT molecular complexity index is 74.5. The molecule has 0 radical (unpaired) electrons. The van der Waals surface area contributed by atoms with Crippen molar-refractivity contribution < 1.29 is 0 Å². The van der Waals surface area contributed by atoms with Crippen LogP contribution >= 0.6 is 20.0 Å². The van der Waals surface area contributed by atoms with Crippen LogP contribution in [0, 0.1) is 0 Å². The molecule has 0 aromatic carbocycles. The molecule has 0 aromatic heterocycles. The molecule has 0 unspecified atom stereocenters. The summed E-state index contributed by atoms with van der Waals surface area (Å²) < 4.78 is 0. The molecule has 0 aliphatic carbocycles. The van der Waals surface area contributed by atoms with Gasteiger partial charge in [-0.2, -0.15) is 0 Å². The van der Waals surface area contributed by atoms with Crippen LogP contribution in [0.4, 0.5) is 0 Å². The van der Waals surface area contributed by atoms with E-state index in [0.717, 1.165) is 0 Å². The summed E-state index contributed by atoms with van der Waals surface area (Å²) in [7, 11) is 12.0. The fourth-order valence-electron chi connectivity index (χ4n) is 1.07. The van der Waals surface area contributed by atoms with E-state index in [0.29, 0.717) is 0 Å². The second kappa shape index (κ2) is 2.80. The van der Waals surface area contributed by atoms with E-state index >= 15 is 0 Å². The zero-order chi connectivity index (χ0) is 6.04. The summed E-state index contributed by atoms with van der Waals surface area (Å²) in [5.74, 6) is 0. The van der Waals surface area contributed by atoms with Crippen molar-refractivity contribution in [3.8, 4) is 0 Å². The van der Waals surface area contributed by atoms with Crippen molar-refractivity contribution in [3.05, 3.63) is 0 Å². The maximum absolute atomic E-state index is 6.02. The Balaban J connectivity index is 2.33. The van der Waals surface area contributed by atoms with Gasteiger partial charge in [0.25, 0.3) is 0 Å². The number of hydrogen-bond acceptors (Lipinski definition) is 0. The average Bonchev–Trinajstić information content (AvgIpc) is 1.65. The quantitative estimate of drug-likeness (QED) is 0.543. The van der Waals surface area contributed by atoms with E-state index in [-0.39, 0.29) is 0 Å². The summed E-state index contributed by atoms with van der Waals surface area (Å²) in [6, 6.07) is 0. The van der Waals surface area contributed by atoms with Crippen molar-refractivity contribution in [2.75, 3.05) is 0 Å². The van der Waals surface area contributed by atoms with E-state index in [4.69, 9.17) is 20.0 Å². The fourth-order valence-corrected chi connectivity index (χ4v) is 7.59. The first kappa shape index (κ1) is 7.23. The first-order chi connectivity index (χ1) is 3.71. The van der Waals surface area contributed by atoms with Crippen molar-refractivity contribution in [1.82, 2.24) is 0 Å². The van der Waals surface area contributed by atoms with E-state index in [9.17, 15) is 0 Å². The van der Waals surface area contributed by atoms with Gasteiger partial charge in [-0.15, -0.1) is 0 Å². The minimum absolute atomic E-state index is 1.17. The van der Waals surface area contributed by atoms with Gasteiger partial charge in [-0.1, -0.05) is 0 Å². The molecule has 1 heterocycles. The second-order valence-corrected chi connectivity index (χ2v) is 16.6. The Labute approximate surface area is 61.3 Å². The third-order valence-electron chi connectivity index (χ3n) is 1.59. The van der Waals surface area contributed by atoms with Crippen LogP contribution < -0.4 is 0 Å². The van der Waals surface area contributed by atoms with Crippen molar-refractivity contribution in [2.24, 2.45) is 0 Å². The molecule has 0 atom stereocenters. The van der Waals surface area contributed by atoms with E-state index in [2.05, 4.69) is 0 Å². The predicted molar refractivity (Wildman–Crippen MR) is 40.9 cm³/mol. The van der Waals surface area contributed by atoms with Gasteiger partial charge in [-0.05, 0) is 0 Å². The van der Waals surface area contributed by atoms with Crippen LogP contribution in [0.2, 0.25) is 10.5 Å². The first-order valence-corrected chi connectivity index (χ1v) is 11.6. The summed E-state index contributed by atoms with van der Waals surface area (Å²) in [6.45, 7) is 0. The molecule has 0 nitrogen and oxygen atoms in total. The SMILES string of the molecule is [Cl][Ge]1([Cl])[CH2]CCC[CH2]1. The van der Waals surface area contributed by atoms with Crippen LogP contribution in [0.3, 0.4) is 0 Å². The van der Waals surface area contributed by atoms with Gasteiger partial charge in [0.2, 0.25) is 0 Å². The third-order valence-corrected chi connectivity index (χ3v) is 10.1. The topological polar surface area (TPSA) is 0 Å². The van der Waals surface area contributed by atoms with Crippen LogP contribution in [0.5, 0.6) is 0 Å². The summed E-state index contributed by atoms with van der Waals surface area (Å²) in [5.41, 5.74) is 0. The third kappa shape index (κ3) is 2.16. The molecular formula is C5H10Cl2Ge. The average molecular weight is 214 g/mol. The van der Waals surface area contributed by atoms with Crippen LogP contribution in [-0.2, 0) is 0 Å². The molecule has 0 aromatic rings. The van der Waals surface area contributed by atoms with Gasteiger partial charge in [0.15, 0.2) is 0 Å². The van der Waals surface area contributed by atoms with Gasteiger partial charge in [0.05, 0.1) is 0 Å². The number of halogens is 2. The van der Waals surface area contributed by atoms with Crippen LogP contribution in [0.15, 0.2) is 0 Å². The van der Waals surface area contributed by atoms with Crippen molar-refractivity contribution in [2.45, 2.75) is 29.8 Å². The van der Waals surface area contributed by atoms with Gasteiger partial charge < -0.3 is 0 Å². The van der Waals surface area contributed by atoms with Crippen molar-refractivity contribution >= 4 is 31.4 Å². The van der Waals surface area contributed by atoms with Crippen molar-refractivity contribution in [3.63, 3.8) is 0 Å². The summed E-state index contributed by atoms with van der Waals surface area (Å²) >= 11 is -2.09. The fraction of sp³-hybridized carbons (Fsp3) is 1.00. The minimum atomic E-state index is -2.09. The van der Waals surface area contributed by atoms with E-state index in [1.807, 2.05) is 0 Å². The molecule has 1 saturated heterocycles. The molecule has 1 fully saturated rings. The zero-order valence-electron chi connectivity index (χ0n) is 4.79. The van der Waals surface area contributed by atoms with Crippen LogP contribution in [0.1, 0.15) is 19.3 Å². The van der Waals surface area contributed by atoms with E-state index < -0.39 is 11.4 Å². The molecule has 0 amide bonds. The summed E-state index contributed by atoms with van der Waals surface area (Å²) in [5, 5.41) is 2.34. The number of rotatable bonds is 0.